The second kappa shape index (κ2) is 4.70. The van der Waals surface area contributed by atoms with Crippen LogP contribution >= 0.6 is 0 Å². The normalized spacial score (nSPS) is 11.9. The molecule has 0 saturated heterocycles. The van der Waals surface area contributed by atoms with Gasteiger partial charge in [0, 0.05) is 11.8 Å². The van der Waals surface area contributed by atoms with Crippen molar-refractivity contribution in [2.45, 2.75) is 19.4 Å². The molecule has 0 saturated carbocycles. The lowest BCUT2D eigenvalue weighted by Crippen LogP contribution is -2.18. The van der Waals surface area contributed by atoms with Crippen LogP contribution in [0.4, 0.5) is 22.0 Å². The van der Waals surface area contributed by atoms with Crippen LogP contribution in [-0.2, 0) is 6.61 Å². The third-order valence-electron chi connectivity index (χ3n) is 1.74. The largest absolute Gasteiger partial charge is 0.574 e. The van der Waals surface area contributed by atoms with E-state index in [9.17, 15) is 22.0 Å². The fraction of sp³-hybridized carbons (Fsp3) is 0.375. The fourth-order valence-corrected chi connectivity index (χ4v) is 1.09. The summed E-state index contributed by atoms with van der Waals surface area (Å²) in [5, 5.41) is 17.8. The maximum atomic E-state index is 12.5. The monoisotopic (exact) mass is 259 g/mol. The number of aromatic nitrogens is 1. The molecule has 4 nitrogen and oxygen atoms in total. The highest BCUT2D eigenvalue weighted by atomic mass is 19.4. The molecule has 0 aliphatic carbocycles. The number of hydrogen-bond donors (Lipinski definition) is 2. The predicted octanol–water partition coefficient (Wildman–Crippen LogP) is 2.12. The average molecular weight is 259 g/mol. The molecule has 0 radical (unpaired) electrons. The Morgan fingerprint density at radius 2 is 1.94 bits per heavy atom. The Bertz CT molecular complexity index is 407. The van der Waals surface area contributed by atoms with Crippen molar-refractivity contribution in [1.82, 2.24) is 4.98 Å². The summed E-state index contributed by atoms with van der Waals surface area (Å²) in [4.78, 5) is 2.99. The number of aliphatic hydroxyl groups is 1. The minimum atomic E-state index is -5.16. The van der Waals surface area contributed by atoms with E-state index in [4.69, 9.17) is 10.2 Å². The second-order valence-electron chi connectivity index (χ2n) is 2.86. The summed E-state index contributed by atoms with van der Waals surface area (Å²) in [6, 6.07) is 0. The number of aromatic hydroxyl groups is 1. The van der Waals surface area contributed by atoms with Crippen molar-refractivity contribution in [3.05, 3.63) is 17.3 Å². The molecule has 1 rings (SSSR count). The molecule has 0 bridgehead atoms. The number of pyridine rings is 1. The van der Waals surface area contributed by atoms with E-state index in [-0.39, 0.29) is 0 Å². The van der Waals surface area contributed by atoms with Crippen molar-refractivity contribution in [3.8, 4) is 11.6 Å². The molecular weight excluding hydrogens is 253 g/mol. The van der Waals surface area contributed by atoms with Crippen molar-refractivity contribution in [2.75, 3.05) is 0 Å². The van der Waals surface area contributed by atoms with Crippen LogP contribution in [0.3, 0.4) is 0 Å². The lowest BCUT2D eigenvalue weighted by Gasteiger charge is -2.13. The van der Waals surface area contributed by atoms with Gasteiger partial charge in [0.05, 0.1) is 12.2 Å². The van der Waals surface area contributed by atoms with Crippen LogP contribution in [0.15, 0.2) is 6.20 Å². The number of ether oxygens (including phenoxy) is 1. The Labute approximate surface area is 91.3 Å². The number of nitrogens with zero attached hydrogens (tertiary/aromatic N) is 1. The molecule has 1 aromatic heterocycles. The quantitative estimate of drug-likeness (QED) is 0.816. The smallest absolute Gasteiger partial charge is 0.503 e. The van der Waals surface area contributed by atoms with Gasteiger partial charge in [-0.3, -0.25) is 0 Å². The van der Waals surface area contributed by atoms with E-state index in [2.05, 4.69) is 9.72 Å². The molecule has 1 heterocycles. The van der Waals surface area contributed by atoms with Crippen LogP contribution in [0.5, 0.6) is 11.6 Å². The lowest BCUT2D eigenvalue weighted by molar-refractivity contribution is -0.276. The minimum absolute atomic E-state index is 0.480. The van der Waals surface area contributed by atoms with Crippen LogP contribution in [-0.4, -0.2) is 21.6 Å². The van der Waals surface area contributed by atoms with Crippen molar-refractivity contribution >= 4 is 0 Å². The highest BCUT2D eigenvalue weighted by Crippen LogP contribution is 2.38. The standard InChI is InChI=1S/C8H6F5NO3/c9-6(10)4-3(2-15)1-14-7(5(4)16)17-8(11,12)13/h1,6,15-16H,2H2. The maximum absolute atomic E-state index is 12.5. The van der Waals surface area contributed by atoms with E-state index < -0.39 is 42.2 Å². The highest BCUT2D eigenvalue weighted by molar-refractivity contribution is 5.45. The van der Waals surface area contributed by atoms with Gasteiger partial charge in [-0.1, -0.05) is 0 Å². The molecule has 1 aromatic rings. The lowest BCUT2D eigenvalue weighted by atomic mass is 10.1. The molecule has 0 spiro atoms. The maximum Gasteiger partial charge on any atom is 0.574 e. The zero-order chi connectivity index (χ0) is 13.2. The first-order valence-electron chi connectivity index (χ1n) is 4.11. The van der Waals surface area contributed by atoms with E-state index in [1.165, 1.54) is 0 Å². The zero-order valence-electron chi connectivity index (χ0n) is 8.00. The number of rotatable bonds is 3. The number of aliphatic hydroxyl groups excluding tert-OH is 1. The third-order valence-corrected chi connectivity index (χ3v) is 1.74. The van der Waals surface area contributed by atoms with E-state index >= 15 is 0 Å². The topological polar surface area (TPSA) is 62.6 Å². The van der Waals surface area contributed by atoms with Crippen LogP contribution in [0, 0.1) is 0 Å². The number of alkyl halides is 5. The Morgan fingerprint density at radius 1 is 1.35 bits per heavy atom. The Kier molecular flexibility index (Phi) is 3.71. The first-order chi connectivity index (χ1) is 7.76. The van der Waals surface area contributed by atoms with E-state index in [0.717, 1.165) is 0 Å². The van der Waals surface area contributed by atoms with Gasteiger partial charge in [0.15, 0.2) is 5.75 Å². The first kappa shape index (κ1) is 13.4. The van der Waals surface area contributed by atoms with Gasteiger partial charge in [-0.05, 0) is 0 Å². The summed E-state index contributed by atoms with van der Waals surface area (Å²) in [5.41, 5.74) is -1.62. The molecule has 0 unspecified atom stereocenters. The van der Waals surface area contributed by atoms with Gasteiger partial charge in [-0.15, -0.1) is 13.2 Å². The summed E-state index contributed by atoms with van der Waals surface area (Å²) in [6.07, 6.45) is -7.86. The minimum Gasteiger partial charge on any atom is -0.503 e. The summed E-state index contributed by atoms with van der Waals surface area (Å²) in [6.45, 7) is -0.896. The highest BCUT2D eigenvalue weighted by Gasteiger charge is 2.34. The van der Waals surface area contributed by atoms with Crippen molar-refractivity contribution in [3.63, 3.8) is 0 Å². The Hall–Kier alpha value is -1.64. The van der Waals surface area contributed by atoms with Crippen LogP contribution < -0.4 is 4.74 Å². The molecule has 17 heavy (non-hydrogen) atoms. The van der Waals surface area contributed by atoms with Gasteiger partial charge >= 0.3 is 6.36 Å². The van der Waals surface area contributed by atoms with Gasteiger partial charge in [-0.25, -0.2) is 13.8 Å². The van der Waals surface area contributed by atoms with Crippen molar-refractivity contribution in [1.29, 1.82) is 0 Å². The average Bonchev–Trinajstić information content (AvgIpc) is 2.18. The van der Waals surface area contributed by atoms with Gasteiger partial charge in [-0.2, -0.15) is 0 Å². The second-order valence-corrected chi connectivity index (χ2v) is 2.86. The van der Waals surface area contributed by atoms with E-state index in [0.29, 0.717) is 6.20 Å². The van der Waals surface area contributed by atoms with E-state index in [1.54, 1.807) is 0 Å². The van der Waals surface area contributed by atoms with Gasteiger partial charge in [0.2, 0.25) is 0 Å². The molecule has 0 aliphatic rings. The van der Waals surface area contributed by atoms with Gasteiger partial charge < -0.3 is 14.9 Å². The third kappa shape index (κ3) is 3.16. The molecule has 0 fully saturated rings. The predicted molar refractivity (Wildman–Crippen MR) is 43.5 cm³/mol. The molecular formula is C8H6F5NO3. The summed E-state index contributed by atoms with van der Waals surface area (Å²) in [7, 11) is 0. The SMILES string of the molecule is OCc1cnc(OC(F)(F)F)c(O)c1C(F)F. The number of hydrogen-bond acceptors (Lipinski definition) is 4. The first-order valence-corrected chi connectivity index (χ1v) is 4.11. The fourth-order valence-electron chi connectivity index (χ4n) is 1.09. The van der Waals surface area contributed by atoms with E-state index in [1.807, 2.05) is 0 Å². The van der Waals surface area contributed by atoms with Gasteiger partial charge in [0.1, 0.15) is 0 Å². The van der Waals surface area contributed by atoms with Crippen LogP contribution in [0.1, 0.15) is 17.6 Å². The van der Waals surface area contributed by atoms with Crippen molar-refractivity contribution in [2.24, 2.45) is 0 Å². The van der Waals surface area contributed by atoms with Crippen molar-refractivity contribution < 1.29 is 36.9 Å². The Morgan fingerprint density at radius 3 is 2.35 bits per heavy atom. The molecule has 96 valence electrons. The molecule has 9 heteroatoms. The zero-order valence-corrected chi connectivity index (χ0v) is 8.00. The Balaban J connectivity index is 3.23. The summed E-state index contributed by atoms with van der Waals surface area (Å²) in [5.74, 6) is -2.83. The molecule has 0 aromatic carbocycles. The van der Waals surface area contributed by atoms with Crippen LogP contribution in [0.2, 0.25) is 0 Å². The molecule has 0 atom stereocenters. The summed E-state index contributed by atoms with van der Waals surface area (Å²) < 4.78 is 63.6. The molecule has 0 aliphatic heterocycles. The number of halogens is 5. The van der Waals surface area contributed by atoms with Crippen LogP contribution in [0.25, 0.3) is 0 Å². The molecule has 0 amide bonds. The van der Waals surface area contributed by atoms with Gasteiger partial charge in [0.25, 0.3) is 12.3 Å². The molecule has 2 N–H and O–H groups in total. The summed E-state index contributed by atoms with van der Waals surface area (Å²) >= 11 is 0.